The minimum absolute atomic E-state index is 0.146. The van der Waals surface area contributed by atoms with Crippen LogP contribution in [0.3, 0.4) is 0 Å². The van der Waals surface area contributed by atoms with Crippen LogP contribution in [-0.2, 0) is 11.8 Å². The molecule has 1 saturated heterocycles. The number of rotatable bonds is 3. The third-order valence-electron chi connectivity index (χ3n) is 4.76. The molecular weight excluding hydrogens is 278 g/mol. The largest absolute Gasteiger partial charge is 0.334 e. The van der Waals surface area contributed by atoms with E-state index in [1.165, 1.54) is 5.56 Å². The summed E-state index contributed by atoms with van der Waals surface area (Å²) in [5.41, 5.74) is 3.39. The van der Waals surface area contributed by atoms with Gasteiger partial charge in [-0.05, 0) is 33.6 Å². The molecule has 22 heavy (non-hydrogen) atoms. The Hall–Kier alpha value is -2.11. The molecule has 0 unspecified atom stereocenters. The molecule has 3 rings (SSSR count). The van der Waals surface area contributed by atoms with E-state index in [9.17, 15) is 4.79 Å². The lowest BCUT2D eigenvalue weighted by Gasteiger charge is -2.28. The zero-order chi connectivity index (χ0) is 15.9. The van der Waals surface area contributed by atoms with Crippen LogP contribution in [0.15, 0.2) is 18.7 Å². The summed E-state index contributed by atoms with van der Waals surface area (Å²) in [6, 6.07) is -0.0763. The van der Waals surface area contributed by atoms with Crippen LogP contribution in [0.5, 0.6) is 0 Å². The molecule has 6 nitrogen and oxygen atoms in total. The lowest BCUT2D eigenvalue weighted by molar-refractivity contribution is -0.135. The maximum atomic E-state index is 12.9. The van der Waals surface area contributed by atoms with Crippen LogP contribution in [-0.4, -0.2) is 36.7 Å². The Morgan fingerprint density at radius 1 is 1.41 bits per heavy atom. The van der Waals surface area contributed by atoms with Crippen LogP contribution >= 0.6 is 0 Å². The lowest BCUT2D eigenvalue weighted by atomic mass is 10.0. The number of hydrogen-bond donors (Lipinski definition) is 0. The van der Waals surface area contributed by atoms with Gasteiger partial charge < -0.3 is 9.47 Å². The molecule has 6 heteroatoms. The second-order valence-corrected chi connectivity index (χ2v) is 6.08. The Labute approximate surface area is 130 Å². The zero-order valence-corrected chi connectivity index (χ0v) is 13.7. The van der Waals surface area contributed by atoms with Gasteiger partial charge in [0, 0.05) is 37.2 Å². The molecule has 1 amide bonds. The molecule has 2 atom stereocenters. The van der Waals surface area contributed by atoms with Gasteiger partial charge in [-0.1, -0.05) is 0 Å². The number of imidazole rings is 1. The SMILES string of the molecule is Cc1nn(C)c(C)c1[C@@H]1CCCN1C(=O)[C@H](C)n1ccnc1. The minimum atomic E-state index is -0.222. The van der Waals surface area contributed by atoms with Gasteiger partial charge in [-0.3, -0.25) is 9.48 Å². The molecule has 0 aromatic carbocycles. The summed E-state index contributed by atoms with van der Waals surface area (Å²) in [6.07, 6.45) is 7.31. The first-order valence-electron chi connectivity index (χ1n) is 7.78. The Morgan fingerprint density at radius 3 is 2.77 bits per heavy atom. The quantitative estimate of drug-likeness (QED) is 0.873. The number of carbonyl (C=O) groups excluding carboxylic acids is 1. The van der Waals surface area contributed by atoms with Crippen molar-refractivity contribution in [2.45, 2.75) is 45.7 Å². The topological polar surface area (TPSA) is 56.0 Å². The van der Waals surface area contributed by atoms with Gasteiger partial charge in [0.25, 0.3) is 0 Å². The van der Waals surface area contributed by atoms with Crippen molar-refractivity contribution in [3.05, 3.63) is 35.7 Å². The van der Waals surface area contributed by atoms with E-state index in [1.54, 1.807) is 12.5 Å². The number of aromatic nitrogens is 4. The van der Waals surface area contributed by atoms with Crippen molar-refractivity contribution in [3.63, 3.8) is 0 Å². The molecule has 0 radical (unpaired) electrons. The van der Waals surface area contributed by atoms with Gasteiger partial charge >= 0.3 is 0 Å². The minimum Gasteiger partial charge on any atom is -0.334 e. The summed E-state index contributed by atoms with van der Waals surface area (Å²) in [5.74, 6) is 0.156. The molecule has 1 fully saturated rings. The lowest BCUT2D eigenvalue weighted by Crippen LogP contribution is -2.36. The summed E-state index contributed by atoms with van der Waals surface area (Å²) in [6.45, 7) is 6.86. The first-order chi connectivity index (χ1) is 10.5. The highest BCUT2D eigenvalue weighted by Crippen LogP contribution is 2.36. The second kappa shape index (κ2) is 5.59. The van der Waals surface area contributed by atoms with Crippen LogP contribution < -0.4 is 0 Å². The third-order valence-corrected chi connectivity index (χ3v) is 4.76. The maximum absolute atomic E-state index is 12.9. The first-order valence-corrected chi connectivity index (χ1v) is 7.78. The average Bonchev–Trinajstić information content (AvgIpc) is 3.20. The van der Waals surface area contributed by atoms with Gasteiger partial charge in [-0.2, -0.15) is 5.10 Å². The molecule has 0 aliphatic carbocycles. The van der Waals surface area contributed by atoms with Crippen molar-refractivity contribution in [1.29, 1.82) is 0 Å². The van der Waals surface area contributed by atoms with E-state index in [-0.39, 0.29) is 18.0 Å². The smallest absolute Gasteiger partial charge is 0.245 e. The van der Waals surface area contributed by atoms with Gasteiger partial charge in [0.15, 0.2) is 0 Å². The predicted molar refractivity (Wildman–Crippen MR) is 83.3 cm³/mol. The van der Waals surface area contributed by atoms with Crippen molar-refractivity contribution in [2.75, 3.05) is 6.54 Å². The Morgan fingerprint density at radius 2 is 2.18 bits per heavy atom. The molecule has 0 saturated carbocycles. The Balaban J connectivity index is 1.88. The van der Waals surface area contributed by atoms with E-state index in [1.807, 2.05) is 41.2 Å². The molecule has 2 aromatic rings. The van der Waals surface area contributed by atoms with E-state index in [0.717, 1.165) is 30.8 Å². The molecule has 1 aliphatic rings. The maximum Gasteiger partial charge on any atom is 0.245 e. The molecule has 0 spiro atoms. The van der Waals surface area contributed by atoms with Crippen molar-refractivity contribution in [3.8, 4) is 0 Å². The van der Waals surface area contributed by atoms with Crippen molar-refractivity contribution < 1.29 is 4.79 Å². The summed E-state index contributed by atoms with van der Waals surface area (Å²) in [7, 11) is 1.96. The molecule has 1 aliphatic heterocycles. The number of amides is 1. The van der Waals surface area contributed by atoms with Gasteiger partial charge in [0.05, 0.1) is 18.1 Å². The van der Waals surface area contributed by atoms with Gasteiger partial charge in [-0.15, -0.1) is 0 Å². The van der Waals surface area contributed by atoms with Gasteiger partial charge in [0.1, 0.15) is 6.04 Å². The van der Waals surface area contributed by atoms with E-state index in [0.29, 0.717) is 0 Å². The van der Waals surface area contributed by atoms with Crippen molar-refractivity contribution in [2.24, 2.45) is 7.05 Å². The summed E-state index contributed by atoms with van der Waals surface area (Å²) >= 11 is 0. The molecular formula is C16H23N5O. The number of nitrogens with zero attached hydrogens (tertiary/aromatic N) is 5. The van der Waals surface area contributed by atoms with Crippen molar-refractivity contribution in [1.82, 2.24) is 24.2 Å². The van der Waals surface area contributed by atoms with Crippen LogP contribution in [0.1, 0.15) is 48.8 Å². The monoisotopic (exact) mass is 301 g/mol. The Bertz CT molecular complexity index is 673. The normalized spacial score (nSPS) is 19.6. The Kier molecular flexibility index (Phi) is 3.76. The van der Waals surface area contributed by atoms with E-state index in [2.05, 4.69) is 17.0 Å². The van der Waals surface area contributed by atoms with E-state index < -0.39 is 0 Å². The summed E-state index contributed by atoms with van der Waals surface area (Å²) in [5, 5.41) is 4.51. The number of carbonyl (C=O) groups is 1. The van der Waals surface area contributed by atoms with Crippen LogP contribution in [0.25, 0.3) is 0 Å². The highest BCUT2D eigenvalue weighted by atomic mass is 16.2. The van der Waals surface area contributed by atoms with Crippen LogP contribution in [0.2, 0.25) is 0 Å². The van der Waals surface area contributed by atoms with Gasteiger partial charge in [-0.25, -0.2) is 4.98 Å². The third kappa shape index (κ3) is 2.32. The highest BCUT2D eigenvalue weighted by molar-refractivity contribution is 5.81. The first kappa shape index (κ1) is 14.8. The number of aryl methyl sites for hydroxylation is 2. The fraction of sp³-hybridized carbons (Fsp3) is 0.562. The molecule has 0 bridgehead atoms. The molecule has 2 aromatic heterocycles. The fourth-order valence-corrected chi connectivity index (χ4v) is 3.47. The molecule has 118 valence electrons. The number of likely N-dealkylation sites (tertiary alicyclic amines) is 1. The number of hydrogen-bond acceptors (Lipinski definition) is 3. The fourth-order valence-electron chi connectivity index (χ4n) is 3.47. The summed E-state index contributed by atoms with van der Waals surface area (Å²) in [4.78, 5) is 19.0. The average molecular weight is 301 g/mol. The highest BCUT2D eigenvalue weighted by Gasteiger charge is 2.35. The standard InChI is InChI=1S/C16H23N5O/c1-11-15(12(2)19(4)18-11)14-6-5-8-21(14)16(22)13(3)20-9-7-17-10-20/h7,9-10,13-14H,5-6,8H2,1-4H3/t13-,14-/m0/s1. The van der Waals surface area contributed by atoms with E-state index in [4.69, 9.17) is 0 Å². The van der Waals surface area contributed by atoms with Crippen LogP contribution in [0.4, 0.5) is 0 Å². The molecule has 3 heterocycles. The predicted octanol–water partition coefficient (Wildman–Crippen LogP) is 2.16. The van der Waals surface area contributed by atoms with Gasteiger partial charge in [0.2, 0.25) is 5.91 Å². The van der Waals surface area contributed by atoms with E-state index >= 15 is 0 Å². The summed E-state index contributed by atoms with van der Waals surface area (Å²) < 4.78 is 3.77. The van der Waals surface area contributed by atoms with Crippen LogP contribution in [0, 0.1) is 13.8 Å². The zero-order valence-electron chi connectivity index (χ0n) is 13.7. The van der Waals surface area contributed by atoms with Crippen molar-refractivity contribution >= 4 is 5.91 Å². The second-order valence-electron chi connectivity index (χ2n) is 6.08. The molecule has 0 N–H and O–H groups in total.